The van der Waals surface area contributed by atoms with Crippen molar-refractivity contribution in [2.75, 3.05) is 0 Å². The highest BCUT2D eigenvalue weighted by Crippen LogP contribution is 2.15. The molecule has 0 aliphatic carbocycles. The molecule has 0 atom stereocenters. The van der Waals surface area contributed by atoms with Gasteiger partial charge in [0.25, 0.3) is 0 Å². The molecule has 2 aromatic rings. The third kappa shape index (κ3) is 1.28. The van der Waals surface area contributed by atoms with Crippen LogP contribution >= 0.6 is 17.0 Å². The molecule has 3 heteroatoms. The molecule has 0 N–H and O–H groups in total. The van der Waals surface area contributed by atoms with Gasteiger partial charge in [-0.25, -0.2) is 0 Å². The van der Waals surface area contributed by atoms with E-state index in [0.717, 1.165) is 16.7 Å². The number of hydrogen-bond donors (Lipinski definition) is 0. The fraction of sp³-hybridized carbons (Fsp3) is 0.125. The molecule has 11 heavy (non-hydrogen) atoms. The van der Waals surface area contributed by atoms with E-state index in [1.54, 1.807) is 0 Å². The summed E-state index contributed by atoms with van der Waals surface area (Å²) in [5.74, 6) is 0. The van der Waals surface area contributed by atoms with Crippen molar-refractivity contribution in [2.24, 2.45) is 0 Å². The SMILES string of the molecule is Br.Cc1noc2ccccc12. The van der Waals surface area contributed by atoms with Crippen LogP contribution in [0, 0.1) is 6.92 Å². The lowest BCUT2D eigenvalue weighted by atomic mass is 10.2. The normalized spacial score (nSPS) is 9.55. The number of fused-ring (bicyclic) bond motifs is 1. The summed E-state index contributed by atoms with van der Waals surface area (Å²) in [6.07, 6.45) is 0. The standard InChI is InChI=1S/C8H7NO.BrH/c1-6-7-4-2-3-5-8(7)10-9-6;/h2-5H,1H3;1H. The first kappa shape index (κ1) is 8.27. The molecule has 2 nitrogen and oxygen atoms in total. The number of para-hydroxylation sites is 1. The summed E-state index contributed by atoms with van der Waals surface area (Å²) in [7, 11) is 0. The Morgan fingerprint density at radius 2 is 2.00 bits per heavy atom. The minimum Gasteiger partial charge on any atom is -0.356 e. The fourth-order valence-corrected chi connectivity index (χ4v) is 1.01. The molecule has 1 heterocycles. The van der Waals surface area contributed by atoms with Crippen molar-refractivity contribution < 1.29 is 4.52 Å². The van der Waals surface area contributed by atoms with Gasteiger partial charge in [-0.15, -0.1) is 17.0 Å². The van der Waals surface area contributed by atoms with Crippen molar-refractivity contribution in [1.82, 2.24) is 5.16 Å². The Labute approximate surface area is 75.0 Å². The average Bonchev–Trinajstić information content (AvgIpc) is 2.34. The molecule has 2 rings (SSSR count). The molecule has 0 saturated heterocycles. The zero-order chi connectivity index (χ0) is 6.97. The van der Waals surface area contributed by atoms with E-state index in [2.05, 4.69) is 5.16 Å². The molecule has 0 spiro atoms. The highest BCUT2D eigenvalue weighted by molar-refractivity contribution is 8.93. The van der Waals surface area contributed by atoms with Crippen LogP contribution in [0.25, 0.3) is 11.0 Å². The number of aryl methyl sites for hydroxylation is 1. The third-order valence-corrected chi connectivity index (χ3v) is 1.56. The molecule has 0 bridgehead atoms. The van der Waals surface area contributed by atoms with Crippen LogP contribution in [0.2, 0.25) is 0 Å². The van der Waals surface area contributed by atoms with E-state index < -0.39 is 0 Å². The molecule has 0 fully saturated rings. The zero-order valence-corrected chi connectivity index (χ0v) is 7.79. The summed E-state index contributed by atoms with van der Waals surface area (Å²) in [6, 6.07) is 7.83. The quantitative estimate of drug-likeness (QED) is 0.673. The summed E-state index contributed by atoms with van der Waals surface area (Å²) in [5, 5.41) is 4.92. The van der Waals surface area contributed by atoms with Crippen molar-refractivity contribution >= 4 is 28.0 Å². The Hall–Kier alpha value is -0.830. The molecule has 0 radical (unpaired) electrons. The third-order valence-electron chi connectivity index (χ3n) is 1.56. The topological polar surface area (TPSA) is 26.0 Å². The van der Waals surface area contributed by atoms with E-state index in [4.69, 9.17) is 4.52 Å². The Morgan fingerprint density at radius 3 is 2.73 bits per heavy atom. The predicted molar refractivity (Wildman–Crippen MR) is 49.1 cm³/mol. The van der Waals surface area contributed by atoms with Gasteiger partial charge < -0.3 is 4.52 Å². The molecule has 0 unspecified atom stereocenters. The molecule has 58 valence electrons. The Kier molecular flexibility index (Phi) is 2.29. The fourth-order valence-electron chi connectivity index (χ4n) is 1.01. The van der Waals surface area contributed by atoms with E-state index in [0.29, 0.717) is 0 Å². The number of aromatic nitrogens is 1. The van der Waals surface area contributed by atoms with E-state index >= 15 is 0 Å². The Balaban J connectivity index is 0.000000605. The second-order valence-electron chi connectivity index (χ2n) is 2.26. The predicted octanol–water partition coefficient (Wildman–Crippen LogP) is 2.71. The lowest BCUT2D eigenvalue weighted by Crippen LogP contribution is -1.66. The van der Waals surface area contributed by atoms with Gasteiger partial charge in [0.1, 0.15) is 0 Å². The highest BCUT2D eigenvalue weighted by atomic mass is 79.9. The van der Waals surface area contributed by atoms with Crippen molar-refractivity contribution in [2.45, 2.75) is 6.92 Å². The van der Waals surface area contributed by atoms with Gasteiger partial charge in [-0.3, -0.25) is 0 Å². The van der Waals surface area contributed by atoms with Gasteiger partial charge in [0.2, 0.25) is 0 Å². The summed E-state index contributed by atoms with van der Waals surface area (Å²) in [4.78, 5) is 0. The first-order valence-electron chi connectivity index (χ1n) is 3.19. The summed E-state index contributed by atoms with van der Waals surface area (Å²) in [5.41, 5.74) is 1.82. The van der Waals surface area contributed by atoms with Gasteiger partial charge in [-0.2, -0.15) is 0 Å². The number of nitrogens with zero attached hydrogens (tertiary/aromatic N) is 1. The number of halogens is 1. The van der Waals surface area contributed by atoms with E-state index in [1.165, 1.54) is 0 Å². The van der Waals surface area contributed by atoms with Crippen LogP contribution < -0.4 is 0 Å². The lowest BCUT2D eigenvalue weighted by Gasteiger charge is -1.82. The first-order valence-corrected chi connectivity index (χ1v) is 3.19. The molecule has 0 aliphatic heterocycles. The maximum Gasteiger partial charge on any atom is 0.167 e. The van der Waals surface area contributed by atoms with Crippen LogP contribution in [0.15, 0.2) is 28.8 Å². The molecular weight excluding hydrogens is 206 g/mol. The highest BCUT2D eigenvalue weighted by Gasteiger charge is 1.99. The number of benzene rings is 1. The van der Waals surface area contributed by atoms with Crippen molar-refractivity contribution in [3.05, 3.63) is 30.0 Å². The van der Waals surface area contributed by atoms with Crippen LogP contribution in [-0.4, -0.2) is 5.16 Å². The minimum atomic E-state index is 0. The van der Waals surface area contributed by atoms with Gasteiger partial charge >= 0.3 is 0 Å². The molecule has 0 amide bonds. The van der Waals surface area contributed by atoms with Crippen LogP contribution in [0.4, 0.5) is 0 Å². The second kappa shape index (κ2) is 3.05. The first-order chi connectivity index (χ1) is 4.88. The van der Waals surface area contributed by atoms with Crippen molar-refractivity contribution in [3.63, 3.8) is 0 Å². The van der Waals surface area contributed by atoms with Gasteiger partial charge in [0.15, 0.2) is 5.58 Å². The van der Waals surface area contributed by atoms with Gasteiger partial charge in [0, 0.05) is 5.39 Å². The van der Waals surface area contributed by atoms with Crippen LogP contribution in [0.1, 0.15) is 5.69 Å². The van der Waals surface area contributed by atoms with Gasteiger partial charge in [-0.05, 0) is 19.1 Å². The average molecular weight is 214 g/mol. The summed E-state index contributed by atoms with van der Waals surface area (Å²) in [6.45, 7) is 1.94. The monoisotopic (exact) mass is 213 g/mol. The minimum absolute atomic E-state index is 0. The Bertz CT molecular complexity index is 356. The number of rotatable bonds is 0. The molecule has 1 aromatic carbocycles. The molecular formula is C8H8BrNO. The van der Waals surface area contributed by atoms with E-state index in [9.17, 15) is 0 Å². The second-order valence-corrected chi connectivity index (χ2v) is 2.26. The Morgan fingerprint density at radius 1 is 1.27 bits per heavy atom. The molecule has 0 saturated carbocycles. The van der Waals surface area contributed by atoms with Crippen LogP contribution in [0.3, 0.4) is 0 Å². The molecule has 0 aliphatic rings. The van der Waals surface area contributed by atoms with Gasteiger partial charge in [-0.1, -0.05) is 17.3 Å². The van der Waals surface area contributed by atoms with Gasteiger partial charge in [0.05, 0.1) is 5.69 Å². The summed E-state index contributed by atoms with van der Waals surface area (Å²) < 4.78 is 5.00. The maximum atomic E-state index is 5.00. The van der Waals surface area contributed by atoms with Crippen LogP contribution in [0.5, 0.6) is 0 Å². The molecule has 1 aromatic heterocycles. The zero-order valence-electron chi connectivity index (χ0n) is 6.07. The van der Waals surface area contributed by atoms with Crippen molar-refractivity contribution in [3.8, 4) is 0 Å². The van der Waals surface area contributed by atoms with Crippen LogP contribution in [-0.2, 0) is 0 Å². The maximum absolute atomic E-state index is 5.00. The van der Waals surface area contributed by atoms with E-state index in [1.807, 2.05) is 31.2 Å². The smallest absolute Gasteiger partial charge is 0.167 e. The van der Waals surface area contributed by atoms with Crippen molar-refractivity contribution in [1.29, 1.82) is 0 Å². The largest absolute Gasteiger partial charge is 0.356 e. The van der Waals surface area contributed by atoms with E-state index in [-0.39, 0.29) is 17.0 Å². The summed E-state index contributed by atoms with van der Waals surface area (Å²) >= 11 is 0. The number of hydrogen-bond acceptors (Lipinski definition) is 2. The lowest BCUT2D eigenvalue weighted by molar-refractivity contribution is 0.450.